The number of rotatable bonds is 2. The molecule has 0 unspecified atom stereocenters. The molecule has 0 saturated carbocycles. The van der Waals surface area contributed by atoms with Gasteiger partial charge in [-0.25, -0.2) is 4.98 Å². The fourth-order valence-electron chi connectivity index (χ4n) is 2.56. The van der Waals surface area contributed by atoms with Crippen molar-refractivity contribution in [2.45, 2.75) is 0 Å². The van der Waals surface area contributed by atoms with Gasteiger partial charge in [-0.1, -0.05) is 24.3 Å². The van der Waals surface area contributed by atoms with Crippen LogP contribution < -0.4 is 4.90 Å². The Morgan fingerprint density at radius 2 is 1.89 bits per heavy atom. The van der Waals surface area contributed by atoms with Crippen molar-refractivity contribution in [3.63, 3.8) is 0 Å². The lowest BCUT2D eigenvalue weighted by atomic mass is 10.1. The van der Waals surface area contributed by atoms with E-state index in [2.05, 4.69) is 21.8 Å². The molecule has 98 valence electrons. The number of hydrogen-bond donors (Lipinski definition) is 0. The molecule has 2 heterocycles. The number of carbonyl (C=O) groups is 1. The lowest BCUT2D eigenvalue weighted by Crippen LogP contribution is -2.45. The van der Waals surface area contributed by atoms with Gasteiger partial charge in [-0.3, -0.25) is 4.79 Å². The summed E-state index contributed by atoms with van der Waals surface area (Å²) in [6.07, 6.45) is 2.79. The molecule has 1 fully saturated rings. The highest BCUT2D eigenvalue weighted by atomic mass is 16.1. The Bertz CT molecular complexity index is 603. The summed E-state index contributed by atoms with van der Waals surface area (Å²) in [5.74, 6) is 0.821. The van der Waals surface area contributed by atoms with Gasteiger partial charge in [-0.2, -0.15) is 0 Å². The molecule has 1 saturated heterocycles. The first kappa shape index (κ1) is 12.1. The number of pyridine rings is 1. The fourth-order valence-corrected chi connectivity index (χ4v) is 2.56. The number of aldehydes is 1. The average Bonchev–Trinajstić information content (AvgIpc) is 2.47. The van der Waals surface area contributed by atoms with E-state index in [1.807, 2.05) is 30.5 Å². The van der Waals surface area contributed by atoms with Gasteiger partial charge in [-0.05, 0) is 12.4 Å². The maximum Gasteiger partial charge on any atom is 0.154 e. The molecule has 2 aromatic rings. The van der Waals surface area contributed by atoms with E-state index in [1.165, 1.54) is 0 Å². The Hall–Kier alpha value is -1.94. The minimum Gasteiger partial charge on any atom is -0.353 e. The third-order valence-electron chi connectivity index (χ3n) is 3.74. The Morgan fingerprint density at radius 3 is 2.63 bits per heavy atom. The van der Waals surface area contributed by atoms with Crippen LogP contribution in [0.15, 0.2) is 30.5 Å². The standard InChI is InChI=1S/C15H17N3O/c1-17-6-8-18(9-7-17)15-14(11-19)13-5-3-2-4-12(13)10-16-15/h2-5,10-11H,6-9H2,1H3. The second-order valence-electron chi connectivity index (χ2n) is 4.99. The van der Waals surface area contributed by atoms with Crippen molar-refractivity contribution < 1.29 is 4.79 Å². The third kappa shape index (κ3) is 2.19. The Kier molecular flexibility index (Phi) is 3.17. The molecule has 4 nitrogen and oxygen atoms in total. The Labute approximate surface area is 112 Å². The van der Waals surface area contributed by atoms with E-state index in [4.69, 9.17) is 0 Å². The van der Waals surface area contributed by atoms with Gasteiger partial charge < -0.3 is 9.80 Å². The zero-order valence-electron chi connectivity index (χ0n) is 11.0. The number of piperazine rings is 1. The second kappa shape index (κ2) is 4.97. The number of fused-ring (bicyclic) bond motifs is 1. The fraction of sp³-hybridized carbons (Fsp3) is 0.333. The Balaban J connectivity index is 2.06. The molecular weight excluding hydrogens is 238 g/mol. The summed E-state index contributed by atoms with van der Waals surface area (Å²) < 4.78 is 0. The molecule has 0 atom stereocenters. The zero-order valence-corrected chi connectivity index (χ0v) is 11.0. The maximum atomic E-state index is 11.5. The van der Waals surface area contributed by atoms with Gasteiger partial charge in [0.05, 0.1) is 5.56 Å². The van der Waals surface area contributed by atoms with Crippen LogP contribution in [-0.4, -0.2) is 49.4 Å². The van der Waals surface area contributed by atoms with Gasteiger partial charge in [0, 0.05) is 37.8 Å². The van der Waals surface area contributed by atoms with E-state index in [1.54, 1.807) is 0 Å². The predicted octanol–water partition coefficient (Wildman–Crippen LogP) is 1.80. The number of aromatic nitrogens is 1. The van der Waals surface area contributed by atoms with E-state index in [0.29, 0.717) is 5.56 Å². The first-order valence-electron chi connectivity index (χ1n) is 6.56. The summed E-state index contributed by atoms with van der Waals surface area (Å²) in [7, 11) is 2.12. The molecule has 1 aliphatic heterocycles. The van der Waals surface area contributed by atoms with Crippen LogP contribution in [-0.2, 0) is 0 Å². The minimum atomic E-state index is 0.711. The van der Waals surface area contributed by atoms with E-state index in [0.717, 1.165) is 49.1 Å². The topological polar surface area (TPSA) is 36.4 Å². The molecule has 0 radical (unpaired) electrons. The highest BCUT2D eigenvalue weighted by molar-refractivity contribution is 6.02. The van der Waals surface area contributed by atoms with Gasteiger partial charge >= 0.3 is 0 Å². The van der Waals surface area contributed by atoms with Crippen molar-refractivity contribution in [3.05, 3.63) is 36.0 Å². The van der Waals surface area contributed by atoms with Gasteiger partial charge in [0.2, 0.25) is 0 Å². The van der Waals surface area contributed by atoms with Crippen molar-refractivity contribution in [1.82, 2.24) is 9.88 Å². The quantitative estimate of drug-likeness (QED) is 0.767. The van der Waals surface area contributed by atoms with E-state index in [9.17, 15) is 4.79 Å². The lowest BCUT2D eigenvalue weighted by Gasteiger charge is -2.33. The van der Waals surface area contributed by atoms with Crippen molar-refractivity contribution >= 4 is 22.9 Å². The van der Waals surface area contributed by atoms with Crippen molar-refractivity contribution in [1.29, 1.82) is 0 Å². The van der Waals surface area contributed by atoms with Gasteiger partial charge in [0.1, 0.15) is 5.82 Å². The summed E-state index contributed by atoms with van der Waals surface area (Å²) in [5, 5.41) is 2.00. The van der Waals surface area contributed by atoms with Crippen molar-refractivity contribution in [2.24, 2.45) is 0 Å². The first-order valence-corrected chi connectivity index (χ1v) is 6.56. The molecule has 0 aliphatic carbocycles. The van der Waals surface area contributed by atoms with Crippen LogP contribution >= 0.6 is 0 Å². The highest BCUT2D eigenvalue weighted by Gasteiger charge is 2.19. The summed E-state index contributed by atoms with van der Waals surface area (Å²) in [6.45, 7) is 3.85. The van der Waals surface area contributed by atoms with Crippen molar-refractivity contribution in [2.75, 3.05) is 38.1 Å². The molecule has 0 N–H and O–H groups in total. The molecule has 4 heteroatoms. The van der Waals surface area contributed by atoms with Crippen LogP contribution in [0.4, 0.5) is 5.82 Å². The van der Waals surface area contributed by atoms with Crippen LogP contribution in [0.5, 0.6) is 0 Å². The van der Waals surface area contributed by atoms with Crippen LogP contribution in [0.2, 0.25) is 0 Å². The SMILES string of the molecule is CN1CCN(c2ncc3ccccc3c2C=O)CC1. The number of anilines is 1. The summed E-state index contributed by atoms with van der Waals surface area (Å²) in [5.41, 5.74) is 0.711. The van der Waals surface area contributed by atoms with E-state index >= 15 is 0 Å². The molecule has 1 aromatic heterocycles. The van der Waals surface area contributed by atoms with Gasteiger partial charge in [-0.15, -0.1) is 0 Å². The molecule has 19 heavy (non-hydrogen) atoms. The lowest BCUT2D eigenvalue weighted by molar-refractivity contribution is 0.112. The van der Waals surface area contributed by atoms with E-state index in [-0.39, 0.29) is 0 Å². The monoisotopic (exact) mass is 255 g/mol. The highest BCUT2D eigenvalue weighted by Crippen LogP contribution is 2.25. The number of carbonyl (C=O) groups excluding carboxylic acids is 1. The summed E-state index contributed by atoms with van der Waals surface area (Å²) in [4.78, 5) is 20.5. The predicted molar refractivity (Wildman–Crippen MR) is 76.8 cm³/mol. The zero-order chi connectivity index (χ0) is 13.2. The normalized spacial score (nSPS) is 16.8. The van der Waals surface area contributed by atoms with E-state index < -0.39 is 0 Å². The average molecular weight is 255 g/mol. The molecule has 1 aliphatic rings. The maximum absolute atomic E-state index is 11.5. The third-order valence-corrected chi connectivity index (χ3v) is 3.74. The summed E-state index contributed by atoms with van der Waals surface area (Å²) in [6, 6.07) is 7.90. The minimum absolute atomic E-state index is 0.711. The Morgan fingerprint density at radius 1 is 1.16 bits per heavy atom. The summed E-state index contributed by atoms with van der Waals surface area (Å²) >= 11 is 0. The van der Waals surface area contributed by atoms with Crippen LogP contribution in [0.25, 0.3) is 10.8 Å². The first-order chi connectivity index (χ1) is 9.29. The van der Waals surface area contributed by atoms with Crippen molar-refractivity contribution in [3.8, 4) is 0 Å². The number of nitrogens with zero attached hydrogens (tertiary/aromatic N) is 3. The smallest absolute Gasteiger partial charge is 0.154 e. The second-order valence-corrected chi connectivity index (χ2v) is 4.99. The molecule has 0 bridgehead atoms. The van der Waals surface area contributed by atoms with Crippen LogP contribution in [0.3, 0.4) is 0 Å². The van der Waals surface area contributed by atoms with Gasteiger partial charge in [0.25, 0.3) is 0 Å². The van der Waals surface area contributed by atoms with Crippen LogP contribution in [0.1, 0.15) is 10.4 Å². The number of likely N-dealkylation sites (N-methyl/N-ethyl adjacent to an activating group) is 1. The van der Waals surface area contributed by atoms with Gasteiger partial charge in [0.15, 0.2) is 6.29 Å². The molecular formula is C15H17N3O. The molecule has 1 aromatic carbocycles. The molecule has 3 rings (SSSR count). The molecule has 0 amide bonds. The number of hydrogen-bond acceptors (Lipinski definition) is 4. The largest absolute Gasteiger partial charge is 0.353 e. The van der Waals surface area contributed by atoms with Crippen LogP contribution in [0, 0.1) is 0 Å². The number of benzene rings is 1. The molecule has 0 spiro atoms.